The van der Waals surface area contributed by atoms with Crippen LogP contribution in [0, 0.1) is 5.92 Å². The molecule has 1 atom stereocenters. The third-order valence-electron chi connectivity index (χ3n) is 5.83. The largest absolute Gasteiger partial charge is 0.385 e. The van der Waals surface area contributed by atoms with Crippen molar-refractivity contribution < 1.29 is 4.74 Å². The van der Waals surface area contributed by atoms with E-state index < -0.39 is 0 Å². The Morgan fingerprint density at radius 1 is 1.20 bits per heavy atom. The molecular weight excluding hydrogens is 248 g/mol. The number of unbranched alkanes of at least 4 members (excludes halogenated alkanes) is 1. The van der Waals surface area contributed by atoms with Gasteiger partial charge in [0.05, 0.1) is 0 Å². The molecule has 0 radical (unpaired) electrons. The fourth-order valence-electron chi connectivity index (χ4n) is 3.90. The topological polar surface area (TPSA) is 24.5 Å². The van der Waals surface area contributed by atoms with Gasteiger partial charge in [-0.3, -0.25) is 4.90 Å². The molecule has 1 unspecified atom stereocenters. The summed E-state index contributed by atoms with van der Waals surface area (Å²) in [5.41, 5.74) is 0.733. The van der Waals surface area contributed by atoms with Crippen LogP contribution in [0.1, 0.15) is 59.3 Å². The molecule has 3 heteroatoms. The smallest absolute Gasteiger partial charge is 0.0462 e. The quantitative estimate of drug-likeness (QED) is 0.693. The monoisotopic (exact) mass is 282 g/mol. The van der Waals surface area contributed by atoms with E-state index in [9.17, 15) is 0 Å². The van der Waals surface area contributed by atoms with Crippen LogP contribution in [0.3, 0.4) is 0 Å². The maximum Gasteiger partial charge on any atom is 0.0462 e. The molecule has 0 amide bonds. The van der Waals surface area contributed by atoms with E-state index in [1.165, 1.54) is 51.6 Å². The maximum atomic E-state index is 5.19. The molecule has 2 aliphatic rings. The Morgan fingerprint density at radius 2 is 1.90 bits per heavy atom. The zero-order chi connectivity index (χ0) is 14.6. The Balaban J connectivity index is 1.98. The summed E-state index contributed by atoms with van der Waals surface area (Å²) < 4.78 is 5.19. The molecule has 1 aliphatic heterocycles. The lowest BCUT2D eigenvalue weighted by atomic mass is 9.81. The highest BCUT2D eigenvalue weighted by molar-refractivity contribution is 5.08. The fourth-order valence-corrected chi connectivity index (χ4v) is 3.90. The Hall–Kier alpha value is -0.120. The van der Waals surface area contributed by atoms with Crippen molar-refractivity contribution in [1.82, 2.24) is 10.2 Å². The second kappa shape index (κ2) is 6.76. The summed E-state index contributed by atoms with van der Waals surface area (Å²) in [6, 6.07) is 0. The van der Waals surface area contributed by atoms with Crippen molar-refractivity contribution in [1.29, 1.82) is 0 Å². The molecule has 0 aromatic carbocycles. The Kier molecular flexibility index (Phi) is 5.49. The molecule has 0 aromatic rings. The number of rotatable bonds is 8. The SMILES string of the molecule is CCC1(CC)CNC(C)(C2CC2)CN1CCCCOC. The van der Waals surface area contributed by atoms with E-state index in [1.54, 1.807) is 7.11 Å². The van der Waals surface area contributed by atoms with Crippen LogP contribution in [0.4, 0.5) is 0 Å². The van der Waals surface area contributed by atoms with E-state index in [0.717, 1.165) is 19.1 Å². The summed E-state index contributed by atoms with van der Waals surface area (Å²) in [4.78, 5) is 2.80. The first-order valence-electron chi connectivity index (χ1n) is 8.59. The molecule has 0 spiro atoms. The molecule has 0 bridgehead atoms. The van der Waals surface area contributed by atoms with Crippen LogP contribution in [0.25, 0.3) is 0 Å². The lowest BCUT2D eigenvalue weighted by Crippen LogP contribution is -2.69. The Morgan fingerprint density at radius 3 is 2.45 bits per heavy atom. The molecule has 2 rings (SSSR count). The van der Waals surface area contributed by atoms with E-state index in [0.29, 0.717) is 11.1 Å². The zero-order valence-corrected chi connectivity index (χ0v) is 14.0. The first-order chi connectivity index (χ1) is 9.60. The number of hydrogen-bond donors (Lipinski definition) is 1. The van der Waals surface area contributed by atoms with E-state index >= 15 is 0 Å². The lowest BCUT2D eigenvalue weighted by Gasteiger charge is -2.54. The second-order valence-corrected chi connectivity index (χ2v) is 7.10. The van der Waals surface area contributed by atoms with Crippen molar-refractivity contribution in [2.75, 3.05) is 33.4 Å². The minimum Gasteiger partial charge on any atom is -0.385 e. The van der Waals surface area contributed by atoms with Gasteiger partial charge in [0.15, 0.2) is 0 Å². The first kappa shape index (κ1) is 16.3. The van der Waals surface area contributed by atoms with Gasteiger partial charge in [-0.25, -0.2) is 0 Å². The van der Waals surface area contributed by atoms with Gasteiger partial charge < -0.3 is 10.1 Å². The molecule has 118 valence electrons. The van der Waals surface area contributed by atoms with Crippen molar-refractivity contribution in [3.8, 4) is 0 Å². The third-order valence-corrected chi connectivity index (χ3v) is 5.83. The summed E-state index contributed by atoms with van der Waals surface area (Å²) in [6.07, 6.45) is 7.79. The van der Waals surface area contributed by atoms with Gasteiger partial charge in [0, 0.05) is 37.9 Å². The highest BCUT2D eigenvalue weighted by Gasteiger charge is 2.49. The summed E-state index contributed by atoms with van der Waals surface area (Å²) in [6.45, 7) is 11.7. The molecule has 1 N–H and O–H groups in total. The summed E-state index contributed by atoms with van der Waals surface area (Å²) >= 11 is 0. The van der Waals surface area contributed by atoms with Crippen molar-refractivity contribution in [2.45, 2.75) is 70.4 Å². The van der Waals surface area contributed by atoms with Crippen molar-refractivity contribution in [3.05, 3.63) is 0 Å². The van der Waals surface area contributed by atoms with E-state index in [4.69, 9.17) is 4.74 Å². The molecule has 1 heterocycles. The number of hydrogen-bond acceptors (Lipinski definition) is 3. The Labute approximate surface area is 125 Å². The van der Waals surface area contributed by atoms with E-state index in [2.05, 4.69) is 31.0 Å². The van der Waals surface area contributed by atoms with Gasteiger partial charge in [0.1, 0.15) is 0 Å². The number of methoxy groups -OCH3 is 1. The average molecular weight is 282 g/mol. The highest BCUT2D eigenvalue weighted by Crippen LogP contribution is 2.43. The van der Waals surface area contributed by atoms with Gasteiger partial charge in [-0.05, 0) is 57.9 Å². The maximum absolute atomic E-state index is 5.19. The minimum atomic E-state index is 0.356. The first-order valence-corrected chi connectivity index (χ1v) is 8.59. The minimum absolute atomic E-state index is 0.356. The van der Waals surface area contributed by atoms with E-state index in [-0.39, 0.29) is 0 Å². The van der Waals surface area contributed by atoms with Crippen LogP contribution in [0.5, 0.6) is 0 Å². The summed E-state index contributed by atoms with van der Waals surface area (Å²) in [5.74, 6) is 0.913. The fraction of sp³-hybridized carbons (Fsp3) is 1.00. The molecule has 20 heavy (non-hydrogen) atoms. The average Bonchev–Trinajstić information content (AvgIpc) is 3.30. The van der Waals surface area contributed by atoms with Crippen LogP contribution in [-0.2, 0) is 4.74 Å². The molecule has 0 aromatic heterocycles. The zero-order valence-electron chi connectivity index (χ0n) is 14.0. The predicted octanol–water partition coefficient (Wildman–Crippen LogP) is 3.05. The van der Waals surface area contributed by atoms with Crippen LogP contribution < -0.4 is 5.32 Å². The molecule has 1 saturated heterocycles. The summed E-state index contributed by atoms with van der Waals surface area (Å²) in [7, 11) is 1.80. The van der Waals surface area contributed by atoms with Crippen LogP contribution in [0.2, 0.25) is 0 Å². The van der Waals surface area contributed by atoms with E-state index in [1.807, 2.05) is 0 Å². The van der Waals surface area contributed by atoms with Gasteiger partial charge in [-0.15, -0.1) is 0 Å². The normalized spacial score (nSPS) is 30.6. The number of nitrogens with zero attached hydrogens (tertiary/aromatic N) is 1. The molecule has 1 saturated carbocycles. The predicted molar refractivity (Wildman–Crippen MR) is 85.1 cm³/mol. The summed E-state index contributed by atoms with van der Waals surface area (Å²) in [5, 5.41) is 3.92. The van der Waals surface area contributed by atoms with Crippen LogP contribution in [0.15, 0.2) is 0 Å². The van der Waals surface area contributed by atoms with Crippen molar-refractivity contribution >= 4 is 0 Å². The number of ether oxygens (including phenoxy) is 1. The second-order valence-electron chi connectivity index (χ2n) is 7.10. The molecule has 3 nitrogen and oxygen atoms in total. The number of nitrogens with one attached hydrogen (secondary N) is 1. The van der Waals surface area contributed by atoms with Crippen molar-refractivity contribution in [3.63, 3.8) is 0 Å². The van der Waals surface area contributed by atoms with Gasteiger partial charge >= 0.3 is 0 Å². The number of piperazine rings is 1. The van der Waals surface area contributed by atoms with Crippen LogP contribution in [-0.4, -0.2) is 49.3 Å². The van der Waals surface area contributed by atoms with Gasteiger partial charge in [-0.2, -0.15) is 0 Å². The van der Waals surface area contributed by atoms with Gasteiger partial charge in [0.25, 0.3) is 0 Å². The molecule has 2 fully saturated rings. The molecule has 1 aliphatic carbocycles. The van der Waals surface area contributed by atoms with Crippen LogP contribution >= 0.6 is 0 Å². The molecular formula is C17H34N2O. The highest BCUT2D eigenvalue weighted by atomic mass is 16.5. The standard InChI is InChI=1S/C17H34N2O/c1-5-17(6-2)13-18-16(3,15-9-10-15)14-19(17)11-7-8-12-20-4/h15,18H,5-14H2,1-4H3. The Bertz CT molecular complexity index is 299. The van der Waals surface area contributed by atoms with Gasteiger partial charge in [0.2, 0.25) is 0 Å². The lowest BCUT2D eigenvalue weighted by molar-refractivity contribution is -0.00532. The van der Waals surface area contributed by atoms with Gasteiger partial charge in [-0.1, -0.05) is 13.8 Å². The van der Waals surface area contributed by atoms with Crippen molar-refractivity contribution in [2.24, 2.45) is 5.92 Å². The third kappa shape index (κ3) is 3.37.